The van der Waals surface area contributed by atoms with Crippen molar-refractivity contribution in [3.8, 4) is 11.5 Å². The molecule has 0 bridgehead atoms. The third-order valence-electron chi connectivity index (χ3n) is 5.76. The van der Waals surface area contributed by atoms with Gasteiger partial charge in [0.2, 0.25) is 5.91 Å². The van der Waals surface area contributed by atoms with Gasteiger partial charge in [-0.3, -0.25) is 9.59 Å². The van der Waals surface area contributed by atoms with Crippen LogP contribution in [0.1, 0.15) is 37.4 Å². The first kappa shape index (κ1) is 25.2. The highest BCUT2D eigenvalue weighted by Crippen LogP contribution is 2.37. The Labute approximate surface area is 201 Å². The lowest BCUT2D eigenvalue weighted by Gasteiger charge is -2.28. The van der Waals surface area contributed by atoms with E-state index in [2.05, 4.69) is 0 Å². The smallest absolute Gasteiger partial charge is 0.262 e. The molecule has 8 nitrogen and oxygen atoms in total. The summed E-state index contributed by atoms with van der Waals surface area (Å²) >= 11 is 0. The van der Waals surface area contributed by atoms with Gasteiger partial charge in [0.05, 0.1) is 32.6 Å². The summed E-state index contributed by atoms with van der Waals surface area (Å²) in [5.74, 6) is 0.799. The number of methoxy groups -OCH3 is 3. The van der Waals surface area contributed by atoms with E-state index < -0.39 is 0 Å². The monoisotopic (exact) mass is 467 g/mol. The average Bonchev–Trinajstić information content (AvgIpc) is 3.31. The lowest BCUT2D eigenvalue weighted by atomic mass is 9.97. The van der Waals surface area contributed by atoms with Crippen LogP contribution in [0.25, 0.3) is 0 Å². The molecule has 2 amide bonds. The first-order valence-corrected chi connectivity index (χ1v) is 11.3. The van der Waals surface area contributed by atoms with Gasteiger partial charge in [-0.15, -0.1) is 0 Å². The van der Waals surface area contributed by atoms with Crippen molar-refractivity contribution in [3.63, 3.8) is 0 Å². The number of carbonyl (C=O) groups excluding carboxylic acids is 2. The molecule has 3 rings (SSSR count). The number of carbonyl (C=O) groups is 2. The highest BCUT2D eigenvalue weighted by molar-refractivity contribution is 6.03. The molecule has 0 radical (unpaired) electrons. The summed E-state index contributed by atoms with van der Waals surface area (Å²) in [5.41, 5.74) is 2.50. The van der Waals surface area contributed by atoms with Crippen molar-refractivity contribution < 1.29 is 23.8 Å². The van der Waals surface area contributed by atoms with Crippen molar-refractivity contribution in [2.24, 2.45) is 11.0 Å². The normalized spacial score (nSPS) is 15.3. The van der Waals surface area contributed by atoms with E-state index in [1.807, 2.05) is 62.4 Å². The van der Waals surface area contributed by atoms with Gasteiger partial charge in [0.25, 0.3) is 5.91 Å². The van der Waals surface area contributed by atoms with Gasteiger partial charge in [-0.2, -0.15) is 5.10 Å². The topological polar surface area (TPSA) is 80.7 Å². The summed E-state index contributed by atoms with van der Waals surface area (Å²) < 4.78 is 16.1. The molecule has 1 atom stereocenters. The number of amides is 2. The molecule has 2 aromatic rings. The maximum atomic E-state index is 13.5. The van der Waals surface area contributed by atoms with Gasteiger partial charge in [-0.1, -0.05) is 44.2 Å². The summed E-state index contributed by atoms with van der Waals surface area (Å²) in [7, 11) is 4.80. The number of hydrazone groups is 1. The van der Waals surface area contributed by atoms with Crippen LogP contribution in [-0.2, 0) is 14.3 Å². The largest absolute Gasteiger partial charge is 0.497 e. The van der Waals surface area contributed by atoms with Crippen LogP contribution in [-0.4, -0.2) is 68.5 Å². The average molecular weight is 468 g/mol. The number of ether oxygens (including phenoxy) is 3. The molecule has 0 aromatic heterocycles. The van der Waals surface area contributed by atoms with E-state index in [0.717, 1.165) is 16.8 Å². The van der Waals surface area contributed by atoms with Crippen LogP contribution in [0.3, 0.4) is 0 Å². The van der Waals surface area contributed by atoms with Crippen LogP contribution in [0.4, 0.5) is 0 Å². The number of benzene rings is 2. The minimum atomic E-state index is -0.358. The van der Waals surface area contributed by atoms with Crippen LogP contribution < -0.4 is 9.47 Å². The van der Waals surface area contributed by atoms with Crippen molar-refractivity contribution in [2.75, 3.05) is 41.0 Å². The van der Waals surface area contributed by atoms with E-state index in [1.165, 1.54) is 9.91 Å². The van der Waals surface area contributed by atoms with E-state index in [0.29, 0.717) is 31.1 Å². The van der Waals surface area contributed by atoms with Crippen molar-refractivity contribution in [3.05, 3.63) is 59.7 Å². The number of hydrogen-bond donors (Lipinski definition) is 0. The van der Waals surface area contributed by atoms with E-state index in [9.17, 15) is 9.59 Å². The molecule has 0 saturated carbocycles. The van der Waals surface area contributed by atoms with Gasteiger partial charge in [0.1, 0.15) is 18.0 Å². The maximum Gasteiger partial charge on any atom is 0.262 e. The summed E-state index contributed by atoms with van der Waals surface area (Å²) in [5, 5.41) is 6.21. The molecule has 2 aromatic carbocycles. The Bertz CT molecular complexity index is 1040. The number of rotatable bonds is 10. The zero-order valence-electron chi connectivity index (χ0n) is 20.5. The van der Waals surface area contributed by atoms with Gasteiger partial charge in [-0.25, -0.2) is 5.01 Å². The molecule has 0 fully saturated rings. The lowest BCUT2D eigenvalue weighted by Crippen LogP contribution is -2.44. The molecule has 0 spiro atoms. The van der Waals surface area contributed by atoms with Crippen molar-refractivity contribution >= 4 is 17.5 Å². The number of para-hydroxylation sites is 1. The van der Waals surface area contributed by atoms with Crippen molar-refractivity contribution in [2.45, 2.75) is 26.3 Å². The Hall–Kier alpha value is -3.39. The second-order valence-corrected chi connectivity index (χ2v) is 8.39. The minimum Gasteiger partial charge on any atom is -0.497 e. The van der Waals surface area contributed by atoms with Gasteiger partial charge in [0.15, 0.2) is 0 Å². The van der Waals surface area contributed by atoms with Gasteiger partial charge in [0, 0.05) is 37.1 Å². The molecule has 34 heavy (non-hydrogen) atoms. The van der Waals surface area contributed by atoms with E-state index >= 15 is 0 Å². The minimum absolute atomic E-state index is 0.0824. The van der Waals surface area contributed by atoms with E-state index in [4.69, 9.17) is 19.3 Å². The molecule has 0 unspecified atom stereocenters. The molecule has 1 heterocycles. The quantitative estimate of drug-likeness (QED) is 0.534. The summed E-state index contributed by atoms with van der Waals surface area (Å²) in [4.78, 5) is 27.8. The molecule has 0 N–H and O–H groups in total. The number of nitrogens with zero attached hydrogens (tertiary/aromatic N) is 3. The molecule has 8 heteroatoms. The first-order chi connectivity index (χ1) is 16.4. The van der Waals surface area contributed by atoms with E-state index in [-0.39, 0.29) is 30.3 Å². The predicted octanol–water partition coefficient (Wildman–Crippen LogP) is 3.51. The fourth-order valence-electron chi connectivity index (χ4n) is 3.97. The van der Waals surface area contributed by atoms with Crippen LogP contribution >= 0.6 is 0 Å². The van der Waals surface area contributed by atoms with Crippen LogP contribution in [0.15, 0.2) is 53.6 Å². The molecule has 1 aliphatic heterocycles. The van der Waals surface area contributed by atoms with Crippen LogP contribution in [0, 0.1) is 5.92 Å². The third kappa shape index (κ3) is 5.75. The third-order valence-corrected chi connectivity index (χ3v) is 5.76. The van der Waals surface area contributed by atoms with Gasteiger partial charge < -0.3 is 19.1 Å². The SMILES string of the molecule is COCCN(CC(=O)N1N=C(c2cccc(OC)c2)C[C@@H]1c1ccccc1OC)C(=O)C(C)C. The zero-order valence-corrected chi connectivity index (χ0v) is 20.5. The fourth-order valence-corrected chi connectivity index (χ4v) is 3.97. The molecular formula is C26H33N3O5. The van der Waals surface area contributed by atoms with Crippen LogP contribution in [0.2, 0.25) is 0 Å². The molecule has 0 aliphatic carbocycles. The molecular weight excluding hydrogens is 434 g/mol. The molecule has 182 valence electrons. The Morgan fingerprint density at radius 2 is 1.85 bits per heavy atom. The van der Waals surface area contributed by atoms with Gasteiger partial charge >= 0.3 is 0 Å². The number of hydrogen-bond acceptors (Lipinski definition) is 6. The highest BCUT2D eigenvalue weighted by Gasteiger charge is 2.36. The van der Waals surface area contributed by atoms with Crippen molar-refractivity contribution in [1.29, 1.82) is 0 Å². The van der Waals surface area contributed by atoms with Crippen molar-refractivity contribution in [1.82, 2.24) is 9.91 Å². The second-order valence-electron chi connectivity index (χ2n) is 8.39. The predicted molar refractivity (Wildman–Crippen MR) is 130 cm³/mol. The summed E-state index contributed by atoms with van der Waals surface area (Å²) in [6, 6.07) is 14.9. The zero-order chi connectivity index (χ0) is 24.7. The Morgan fingerprint density at radius 3 is 2.53 bits per heavy atom. The Morgan fingerprint density at radius 1 is 1.09 bits per heavy atom. The fraction of sp³-hybridized carbons (Fsp3) is 0.423. The Balaban J connectivity index is 1.96. The standard InChI is InChI=1S/C26H33N3O5/c1-18(2)26(31)28(13-14-32-3)17-25(30)29-23(21-11-6-7-12-24(21)34-5)16-22(27-29)19-9-8-10-20(15-19)33-4/h6-12,15,18,23H,13-14,16-17H2,1-5H3/t23-/m1/s1. The second kappa shape index (κ2) is 11.7. The molecule has 0 saturated heterocycles. The highest BCUT2D eigenvalue weighted by atomic mass is 16.5. The van der Waals surface area contributed by atoms with Gasteiger partial charge in [-0.05, 0) is 18.2 Å². The summed E-state index contributed by atoms with van der Waals surface area (Å²) in [6.07, 6.45) is 0.509. The Kier molecular flexibility index (Phi) is 8.65. The lowest BCUT2D eigenvalue weighted by molar-refractivity contribution is -0.143. The first-order valence-electron chi connectivity index (χ1n) is 11.3. The molecule has 1 aliphatic rings. The summed E-state index contributed by atoms with van der Waals surface area (Å²) in [6.45, 7) is 4.23. The van der Waals surface area contributed by atoms with Crippen LogP contribution in [0.5, 0.6) is 11.5 Å². The maximum absolute atomic E-state index is 13.5. The van der Waals surface area contributed by atoms with E-state index in [1.54, 1.807) is 21.3 Å².